The quantitative estimate of drug-likeness (QED) is 0.703. The largest absolute Gasteiger partial charge is 0.396 e. The summed E-state index contributed by atoms with van der Waals surface area (Å²) in [5.74, 6) is 0.0877. The first-order valence-electron chi connectivity index (χ1n) is 6.21. The van der Waals surface area contributed by atoms with Crippen LogP contribution in [-0.4, -0.2) is 38.6 Å². The Labute approximate surface area is 114 Å². The van der Waals surface area contributed by atoms with Gasteiger partial charge in [0.1, 0.15) is 0 Å². The van der Waals surface area contributed by atoms with E-state index in [4.69, 9.17) is 21.1 Å². The van der Waals surface area contributed by atoms with E-state index in [1.807, 2.05) is 24.3 Å². The number of aliphatic hydroxyl groups excluding tert-OH is 1. The van der Waals surface area contributed by atoms with E-state index in [0.29, 0.717) is 19.8 Å². The molecule has 0 spiro atoms. The minimum Gasteiger partial charge on any atom is -0.396 e. The van der Waals surface area contributed by atoms with E-state index < -0.39 is 0 Å². The maximum atomic E-state index is 9.43. The van der Waals surface area contributed by atoms with Crippen LogP contribution in [0.3, 0.4) is 0 Å². The standard InChI is InChI=1S/C14H21ClO3/c1-17-9-10-18-8-4-5-12(11-16)13-6-2-3-7-14(13)15/h2-3,6-7,12,16H,4-5,8-11H2,1H3. The van der Waals surface area contributed by atoms with Gasteiger partial charge in [0.05, 0.1) is 13.2 Å². The molecule has 1 unspecified atom stereocenters. The van der Waals surface area contributed by atoms with Gasteiger partial charge in [-0.25, -0.2) is 0 Å². The highest BCUT2D eigenvalue weighted by Crippen LogP contribution is 2.27. The second kappa shape index (κ2) is 9.34. The van der Waals surface area contributed by atoms with Crippen molar-refractivity contribution >= 4 is 11.6 Å². The zero-order chi connectivity index (χ0) is 13.2. The Morgan fingerprint density at radius 2 is 2.00 bits per heavy atom. The molecule has 4 heteroatoms. The molecule has 102 valence electrons. The molecule has 1 atom stereocenters. The molecule has 0 heterocycles. The average Bonchev–Trinajstić information content (AvgIpc) is 2.39. The molecule has 0 saturated heterocycles. The molecule has 0 aromatic heterocycles. The summed E-state index contributed by atoms with van der Waals surface area (Å²) in [6.45, 7) is 2.03. The second-order valence-corrected chi connectivity index (χ2v) is 4.56. The summed E-state index contributed by atoms with van der Waals surface area (Å²) in [5, 5.41) is 10.1. The zero-order valence-electron chi connectivity index (χ0n) is 10.8. The minimum atomic E-state index is 0.0877. The van der Waals surface area contributed by atoms with E-state index in [-0.39, 0.29) is 12.5 Å². The predicted octanol–water partition coefficient (Wildman–Crippen LogP) is 2.86. The van der Waals surface area contributed by atoms with E-state index >= 15 is 0 Å². The third-order valence-electron chi connectivity index (χ3n) is 2.84. The molecule has 0 aliphatic heterocycles. The molecule has 0 aliphatic carbocycles. The van der Waals surface area contributed by atoms with Crippen molar-refractivity contribution in [1.29, 1.82) is 0 Å². The first-order valence-corrected chi connectivity index (χ1v) is 6.59. The van der Waals surface area contributed by atoms with Crippen LogP contribution < -0.4 is 0 Å². The van der Waals surface area contributed by atoms with Crippen molar-refractivity contribution in [2.75, 3.05) is 33.5 Å². The summed E-state index contributed by atoms with van der Waals surface area (Å²) in [7, 11) is 1.66. The number of rotatable bonds is 9. The summed E-state index contributed by atoms with van der Waals surface area (Å²) in [5.41, 5.74) is 1.01. The molecule has 0 saturated carbocycles. The monoisotopic (exact) mass is 272 g/mol. The first kappa shape index (κ1) is 15.4. The highest BCUT2D eigenvalue weighted by Gasteiger charge is 2.12. The molecule has 0 aliphatic rings. The van der Waals surface area contributed by atoms with E-state index in [1.165, 1.54) is 0 Å². The molecule has 0 bridgehead atoms. The van der Waals surface area contributed by atoms with Crippen molar-refractivity contribution in [2.24, 2.45) is 0 Å². The van der Waals surface area contributed by atoms with Crippen LogP contribution in [0, 0.1) is 0 Å². The van der Waals surface area contributed by atoms with Gasteiger partial charge in [-0.3, -0.25) is 0 Å². The van der Waals surface area contributed by atoms with Gasteiger partial charge < -0.3 is 14.6 Å². The van der Waals surface area contributed by atoms with Crippen molar-refractivity contribution in [1.82, 2.24) is 0 Å². The highest BCUT2D eigenvalue weighted by atomic mass is 35.5. The lowest BCUT2D eigenvalue weighted by Crippen LogP contribution is -2.08. The fourth-order valence-electron chi connectivity index (χ4n) is 1.83. The van der Waals surface area contributed by atoms with Crippen molar-refractivity contribution in [3.05, 3.63) is 34.9 Å². The van der Waals surface area contributed by atoms with Gasteiger partial charge in [-0.15, -0.1) is 0 Å². The van der Waals surface area contributed by atoms with Crippen molar-refractivity contribution in [3.63, 3.8) is 0 Å². The lowest BCUT2D eigenvalue weighted by molar-refractivity contribution is 0.0673. The number of aliphatic hydroxyl groups is 1. The maximum Gasteiger partial charge on any atom is 0.0700 e. The Hall–Kier alpha value is -0.610. The number of hydrogen-bond acceptors (Lipinski definition) is 3. The van der Waals surface area contributed by atoms with Crippen LogP contribution in [0.15, 0.2) is 24.3 Å². The minimum absolute atomic E-state index is 0.0877. The molecular formula is C14H21ClO3. The summed E-state index contributed by atoms with van der Waals surface area (Å²) >= 11 is 6.12. The number of halogens is 1. The van der Waals surface area contributed by atoms with Crippen molar-refractivity contribution < 1.29 is 14.6 Å². The Balaban J connectivity index is 2.32. The molecule has 18 heavy (non-hydrogen) atoms. The lowest BCUT2D eigenvalue weighted by Gasteiger charge is -2.16. The maximum absolute atomic E-state index is 9.43. The van der Waals surface area contributed by atoms with Gasteiger partial charge in [-0.05, 0) is 24.5 Å². The molecular weight excluding hydrogens is 252 g/mol. The van der Waals surface area contributed by atoms with Gasteiger partial charge in [0.2, 0.25) is 0 Å². The number of hydrogen-bond donors (Lipinski definition) is 1. The van der Waals surface area contributed by atoms with E-state index in [2.05, 4.69) is 0 Å². The first-order chi connectivity index (χ1) is 8.79. The zero-order valence-corrected chi connectivity index (χ0v) is 11.5. The smallest absolute Gasteiger partial charge is 0.0700 e. The van der Waals surface area contributed by atoms with Crippen molar-refractivity contribution in [3.8, 4) is 0 Å². The van der Waals surface area contributed by atoms with E-state index in [1.54, 1.807) is 7.11 Å². The number of methoxy groups -OCH3 is 1. The normalized spacial score (nSPS) is 12.6. The third kappa shape index (κ3) is 5.36. The SMILES string of the molecule is COCCOCCCC(CO)c1ccccc1Cl. The summed E-state index contributed by atoms with van der Waals surface area (Å²) in [6, 6.07) is 7.66. The number of benzene rings is 1. The molecule has 1 aromatic carbocycles. The molecule has 0 radical (unpaired) electrons. The van der Waals surface area contributed by atoms with Crippen LogP contribution in [0.4, 0.5) is 0 Å². The van der Waals surface area contributed by atoms with Gasteiger partial charge in [0, 0.05) is 31.3 Å². The second-order valence-electron chi connectivity index (χ2n) is 4.15. The Morgan fingerprint density at radius 3 is 2.67 bits per heavy atom. The van der Waals surface area contributed by atoms with Crippen LogP contribution in [0.25, 0.3) is 0 Å². The Bertz CT molecular complexity index is 331. The van der Waals surface area contributed by atoms with Crippen LogP contribution in [0.5, 0.6) is 0 Å². The molecule has 3 nitrogen and oxygen atoms in total. The molecule has 1 rings (SSSR count). The van der Waals surface area contributed by atoms with Crippen LogP contribution in [0.1, 0.15) is 24.3 Å². The van der Waals surface area contributed by atoms with Crippen molar-refractivity contribution in [2.45, 2.75) is 18.8 Å². The fraction of sp³-hybridized carbons (Fsp3) is 0.571. The topological polar surface area (TPSA) is 38.7 Å². The van der Waals surface area contributed by atoms with Crippen LogP contribution in [0.2, 0.25) is 5.02 Å². The predicted molar refractivity (Wildman–Crippen MR) is 73.2 cm³/mol. The third-order valence-corrected chi connectivity index (χ3v) is 3.18. The molecule has 0 fully saturated rings. The molecule has 1 aromatic rings. The van der Waals surface area contributed by atoms with Crippen LogP contribution >= 0.6 is 11.6 Å². The van der Waals surface area contributed by atoms with Gasteiger partial charge in [0.25, 0.3) is 0 Å². The molecule has 0 amide bonds. The average molecular weight is 273 g/mol. The highest BCUT2D eigenvalue weighted by molar-refractivity contribution is 6.31. The Morgan fingerprint density at radius 1 is 1.22 bits per heavy atom. The molecule has 1 N–H and O–H groups in total. The summed E-state index contributed by atoms with van der Waals surface area (Å²) in [6.07, 6.45) is 1.77. The van der Waals surface area contributed by atoms with Gasteiger partial charge in [-0.2, -0.15) is 0 Å². The summed E-state index contributed by atoms with van der Waals surface area (Å²) < 4.78 is 10.3. The number of ether oxygens (including phenoxy) is 2. The van der Waals surface area contributed by atoms with Gasteiger partial charge in [-0.1, -0.05) is 29.8 Å². The summed E-state index contributed by atoms with van der Waals surface area (Å²) in [4.78, 5) is 0. The van der Waals surface area contributed by atoms with Crippen LogP contribution in [-0.2, 0) is 9.47 Å². The van der Waals surface area contributed by atoms with E-state index in [0.717, 1.165) is 23.4 Å². The fourth-order valence-corrected chi connectivity index (χ4v) is 2.12. The lowest BCUT2D eigenvalue weighted by atomic mass is 9.95. The van der Waals surface area contributed by atoms with Gasteiger partial charge >= 0.3 is 0 Å². The Kier molecular flexibility index (Phi) is 8.01. The van der Waals surface area contributed by atoms with E-state index in [9.17, 15) is 5.11 Å². The van der Waals surface area contributed by atoms with Gasteiger partial charge in [0.15, 0.2) is 0 Å².